The van der Waals surface area contributed by atoms with Gasteiger partial charge in [0.25, 0.3) is 0 Å². The summed E-state index contributed by atoms with van der Waals surface area (Å²) < 4.78 is 38.4. The van der Waals surface area contributed by atoms with Gasteiger partial charge in [0.15, 0.2) is 0 Å². The van der Waals surface area contributed by atoms with Crippen molar-refractivity contribution in [3.05, 3.63) is 0 Å². The van der Waals surface area contributed by atoms with E-state index in [4.69, 9.17) is 5.73 Å². The van der Waals surface area contributed by atoms with Crippen LogP contribution >= 0.6 is 0 Å². The van der Waals surface area contributed by atoms with Gasteiger partial charge in [0.05, 0.1) is 0 Å². The molecule has 17 heavy (non-hydrogen) atoms. The summed E-state index contributed by atoms with van der Waals surface area (Å²) in [5.74, 6) is 0.427. The molecule has 1 atom stereocenters. The molecule has 1 fully saturated rings. The average molecular weight is 252 g/mol. The predicted molar refractivity (Wildman–Crippen MR) is 62.7 cm³/mol. The summed E-state index contributed by atoms with van der Waals surface area (Å²) in [6.07, 6.45) is 1.51. The quantitative estimate of drug-likeness (QED) is 0.815. The van der Waals surface area contributed by atoms with Crippen LogP contribution in [-0.2, 0) is 0 Å². The Morgan fingerprint density at radius 2 is 1.82 bits per heavy atom. The fourth-order valence-corrected chi connectivity index (χ4v) is 2.70. The molecule has 2 nitrogen and oxygen atoms in total. The van der Waals surface area contributed by atoms with E-state index in [0.717, 1.165) is 25.7 Å². The summed E-state index contributed by atoms with van der Waals surface area (Å²) in [5.41, 5.74) is 5.27. The van der Waals surface area contributed by atoms with Gasteiger partial charge in [-0.15, -0.1) is 0 Å². The van der Waals surface area contributed by atoms with Crippen LogP contribution in [0.2, 0.25) is 0 Å². The zero-order chi connectivity index (χ0) is 12.9. The van der Waals surface area contributed by atoms with Crippen molar-refractivity contribution in [2.75, 3.05) is 20.1 Å². The van der Waals surface area contributed by atoms with Crippen molar-refractivity contribution in [1.82, 2.24) is 4.90 Å². The van der Waals surface area contributed by atoms with Gasteiger partial charge >= 0.3 is 6.18 Å². The second-order valence-corrected chi connectivity index (χ2v) is 5.08. The summed E-state index contributed by atoms with van der Waals surface area (Å²) in [6.45, 7) is 0.628. The summed E-state index contributed by atoms with van der Waals surface area (Å²) in [4.78, 5) is 1.45. The summed E-state index contributed by atoms with van der Waals surface area (Å²) in [6, 6.07) is -1.38. The maximum absolute atomic E-state index is 12.8. The van der Waals surface area contributed by atoms with Crippen molar-refractivity contribution in [2.24, 2.45) is 11.7 Å². The van der Waals surface area contributed by atoms with Gasteiger partial charge in [0.2, 0.25) is 0 Å². The van der Waals surface area contributed by atoms with Gasteiger partial charge in [0, 0.05) is 6.54 Å². The average Bonchev–Trinajstić information content (AvgIpc) is 2.25. The molecule has 0 aromatic heterocycles. The van der Waals surface area contributed by atoms with Crippen LogP contribution in [0.1, 0.15) is 38.5 Å². The minimum Gasteiger partial charge on any atom is -0.330 e. The maximum atomic E-state index is 12.8. The lowest BCUT2D eigenvalue weighted by molar-refractivity contribution is -0.183. The molecule has 0 aromatic carbocycles. The van der Waals surface area contributed by atoms with E-state index >= 15 is 0 Å². The zero-order valence-corrected chi connectivity index (χ0v) is 10.5. The first-order chi connectivity index (χ1) is 7.95. The van der Waals surface area contributed by atoms with Crippen molar-refractivity contribution < 1.29 is 13.2 Å². The molecule has 0 heterocycles. The smallest absolute Gasteiger partial charge is 0.330 e. The van der Waals surface area contributed by atoms with Gasteiger partial charge in [-0.3, -0.25) is 4.90 Å². The molecule has 102 valence electrons. The largest absolute Gasteiger partial charge is 0.404 e. The van der Waals surface area contributed by atoms with E-state index < -0.39 is 12.2 Å². The zero-order valence-electron chi connectivity index (χ0n) is 10.5. The van der Waals surface area contributed by atoms with Crippen molar-refractivity contribution in [2.45, 2.75) is 50.7 Å². The summed E-state index contributed by atoms with van der Waals surface area (Å²) in [5, 5.41) is 0. The number of rotatable bonds is 5. The lowest BCUT2D eigenvalue weighted by atomic mass is 9.88. The molecule has 0 spiro atoms. The van der Waals surface area contributed by atoms with Crippen LogP contribution in [0.25, 0.3) is 0 Å². The number of alkyl halides is 3. The number of hydrogen-bond donors (Lipinski definition) is 1. The minimum absolute atomic E-state index is 0.00722. The SMILES string of the molecule is CN(CC1CCCCC1)C(CCN)C(F)(F)F. The van der Waals surface area contributed by atoms with Crippen LogP contribution in [0.4, 0.5) is 13.2 Å². The van der Waals surface area contributed by atoms with Gasteiger partial charge in [-0.1, -0.05) is 19.3 Å². The highest BCUT2D eigenvalue weighted by atomic mass is 19.4. The molecule has 0 aromatic rings. The predicted octanol–water partition coefficient (Wildman–Crippen LogP) is 2.78. The Kier molecular flexibility index (Phi) is 5.73. The molecule has 0 bridgehead atoms. The number of nitrogens with zero attached hydrogens (tertiary/aromatic N) is 1. The number of hydrogen-bond acceptors (Lipinski definition) is 2. The molecular formula is C12H23F3N2. The second kappa shape index (κ2) is 6.59. The van der Waals surface area contributed by atoms with E-state index in [2.05, 4.69) is 0 Å². The highest BCUT2D eigenvalue weighted by molar-refractivity contribution is 4.79. The van der Waals surface area contributed by atoms with Crippen molar-refractivity contribution in [3.8, 4) is 0 Å². The van der Waals surface area contributed by atoms with Gasteiger partial charge in [-0.25, -0.2) is 0 Å². The Hall–Kier alpha value is -0.290. The normalized spacial score (nSPS) is 20.8. The summed E-state index contributed by atoms with van der Waals surface area (Å²) in [7, 11) is 1.57. The third-order valence-electron chi connectivity index (χ3n) is 3.62. The Bertz CT molecular complexity index is 212. The first kappa shape index (κ1) is 14.8. The van der Waals surface area contributed by atoms with Crippen molar-refractivity contribution in [3.63, 3.8) is 0 Å². The van der Waals surface area contributed by atoms with Crippen LogP contribution < -0.4 is 5.73 Å². The minimum atomic E-state index is -4.16. The van der Waals surface area contributed by atoms with Crippen molar-refractivity contribution in [1.29, 1.82) is 0 Å². The maximum Gasteiger partial charge on any atom is 0.404 e. The second-order valence-electron chi connectivity index (χ2n) is 5.08. The number of halogens is 3. The first-order valence-corrected chi connectivity index (χ1v) is 6.42. The molecule has 0 saturated heterocycles. The van der Waals surface area contributed by atoms with Crippen LogP contribution in [0, 0.1) is 5.92 Å². The molecule has 0 amide bonds. The van der Waals surface area contributed by atoms with Crippen molar-refractivity contribution >= 4 is 0 Å². The Morgan fingerprint density at radius 3 is 2.29 bits per heavy atom. The van der Waals surface area contributed by atoms with Gasteiger partial charge in [-0.2, -0.15) is 13.2 Å². The fraction of sp³-hybridized carbons (Fsp3) is 1.00. The van der Waals surface area contributed by atoms with E-state index in [9.17, 15) is 13.2 Å². The van der Waals surface area contributed by atoms with E-state index in [1.54, 1.807) is 7.05 Å². The van der Waals surface area contributed by atoms with Crippen LogP contribution in [0.3, 0.4) is 0 Å². The Labute approximate surface area is 101 Å². The Morgan fingerprint density at radius 1 is 1.24 bits per heavy atom. The highest BCUT2D eigenvalue weighted by Gasteiger charge is 2.41. The molecule has 0 radical (unpaired) electrons. The van der Waals surface area contributed by atoms with Gasteiger partial charge in [-0.05, 0) is 38.8 Å². The first-order valence-electron chi connectivity index (χ1n) is 6.42. The van der Waals surface area contributed by atoms with Crippen LogP contribution in [-0.4, -0.2) is 37.3 Å². The highest BCUT2D eigenvalue weighted by Crippen LogP contribution is 2.29. The van der Waals surface area contributed by atoms with E-state index in [0.29, 0.717) is 12.5 Å². The third kappa shape index (κ3) is 4.84. The lowest BCUT2D eigenvalue weighted by Crippen LogP contribution is -2.46. The standard InChI is InChI=1S/C12H23F3N2/c1-17(9-10-5-3-2-4-6-10)11(7-8-16)12(13,14)15/h10-11H,2-9,16H2,1H3. The molecule has 1 rings (SSSR count). The summed E-state index contributed by atoms with van der Waals surface area (Å²) >= 11 is 0. The molecular weight excluding hydrogens is 229 g/mol. The van der Waals surface area contributed by atoms with Gasteiger partial charge in [0.1, 0.15) is 6.04 Å². The van der Waals surface area contributed by atoms with Crippen LogP contribution in [0.5, 0.6) is 0 Å². The fourth-order valence-electron chi connectivity index (χ4n) is 2.70. The van der Waals surface area contributed by atoms with E-state index in [-0.39, 0.29) is 13.0 Å². The molecule has 1 saturated carbocycles. The molecule has 1 unspecified atom stereocenters. The lowest BCUT2D eigenvalue weighted by Gasteiger charge is -2.33. The number of nitrogens with two attached hydrogens (primary N) is 1. The van der Waals surface area contributed by atoms with E-state index in [1.165, 1.54) is 11.3 Å². The third-order valence-corrected chi connectivity index (χ3v) is 3.62. The van der Waals surface area contributed by atoms with Gasteiger partial charge < -0.3 is 5.73 Å². The molecule has 2 N–H and O–H groups in total. The molecule has 1 aliphatic carbocycles. The molecule has 5 heteroatoms. The van der Waals surface area contributed by atoms with E-state index in [1.807, 2.05) is 0 Å². The topological polar surface area (TPSA) is 29.3 Å². The van der Waals surface area contributed by atoms with Crippen LogP contribution in [0.15, 0.2) is 0 Å². The Balaban J connectivity index is 2.48. The molecule has 0 aliphatic heterocycles. The molecule has 1 aliphatic rings. The monoisotopic (exact) mass is 252 g/mol.